The predicted molar refractivity (Wildman–Crippen MR) is 108 cm³/mol. The van der Waals surface area contributed by atoms with E-state index in [0.717, 1.165) is 44.7 Å². The minimum Gasteiger partial charge on any atom is -0.465 e. The molecule has 1 aliphatic heterocycles. The first-order chi connectivity index (χ1) is 13.3. The number of hydrogen-bond donors (Lipinski definition) is 1. The molecule has 0 fully saturated rings. The lowest BCUT2D eigenvalue weighted by atomic mass is 10.0. The van der Waals surface area contributed by atoms with Crippen LogP contribution in [0.2, 0.25) is 0 Å². The average Bonchev–Trinajstić information content (AvgIpc) is 2.89. The Labute approximate surface area is 156 Å². The van der Waals surface area contributed by atoms with Crippen molar-refractivity contribution in [3.05, 3.63) is 83.9 Å². The molecule has 0 amide bonds. The van der Waals surface area contributed by atoms with Crippen molar-refractivity contribution in [3.63, 3.8) is 0 Å². The molecule has 0 radical (unpaired) electrons. The number of ether oxygens (including phenoxy) is 1. The number of methoxy groups -OCH3 is 1. The van der Waals surface area contributed by atoms with Crippen LogP contribution in [0.15, 0.2) is 77.8 Å². The van der Waals surface area contributed by atoms with E-state index < -0.39 is 0 Å². The topological polar surface area (TPSA) is 50.7 Å². The summed E-state index contributed by atoms with van der Waals surface area (Å²) in [7, 11) is 1.40. The highest BCUT2D eigenvalue weighted by Crippen LogP contribution is 2.39. The fourth-order valence-electron chi connectivity index (χ4n) is 3.71. The van der Waals surface area contributed by atoms with Crippen LogP contribution in [0.25, 0.3) is 21.9 Å². The third-order valence-corrected chi connectivity index (χ3v) is 4.94. The standard InChI is InChI=1S/C23H16N2O2/c1-27-23(26)18-13-17(15-9-3-2-4-10-16(15)18)22-24-19-11-5-7-14-8-6-12-20(25-22)21(14)19/h2-13H,1H3,(H,24,25). The van der Waals surface area contributed by atoms with Crippen molar-refractivity contribution in [1.82, 2.24) is 0 Å². The molecule has 3 aliphatic rings. The van der Waals surface area contributed by atoms with Gasteiger partial charge in [0, 0.05) is 16.6 Å². The summed E-state index contributed by atoms with van der Waals surface area (Å²) in [6.07, 6.45) is 0. The number of anilines is 1. The van der Waals surface area contributed by atoms with Gasteiger partial charge in [-0.05, 0) is 34.7 Å². The van der Waals surface area contributed by atoms with Gasteiger partial charge in [0.1, 0.15) is 5.84 Å². The van der Waals surface area contributed by atoms with Gasteiger partial charge in [0.2, 0.25) is 0 Å². The first-order valence-corrected chi connectivity index (χ1v) is 8.74. The van der Waals surface area contributed by atoms with Crippen LogP contribution in [0.4, 0.5) is 11.4 Å². The number of carbonyl (C=O) groups is 1. The Balaban J connectivity index is 1.75. The molecule has 5 rings (SSSR count). The van der Waals surface area contributed by atoms with Gasteiger partial charge in [-0.3, -0.25) is 0 Å². The normalized spacial score (nSPS) is 12.6. The number of fused-ring (bicyclic) bond motifs is 1. The molecule has 0 bridgehead atoms. The van der Waals surface area contributed by atoms with Gasteiger partial charge in [0.15, 0.2) is 0 Å². The number of esters is 1. The van der Waals surface area contributed by atoms with Crippen LogP contribution in [0, 0.1) is 0 Å². The third kappa shape index (κ3) is 2.38. The smallest absolute Gasteiger partial charge is 0.338 e. The average molecular weight is 352 g/mol. The zero-order chi connectivity index (χ0) is 18.4. The second-order valence-corrected chi connectivity index (χ2v) is 6.47. The predicted octanol–water partition coefficient (Wildman–Crippen LogP) is 5.24. The van der Waals surface area contributed by atoms with Crippen LogP contribution in [0.3, 0.4) is 0 Å². The number of hydrogen-bond acceptors (Lipinski definition) is 4. The van der Waals surface area contributed by atoms with Crippen LogP contribution < -0.4 is 5.32 Å². The maximum Gasteiger partial charge on any atom is 0.338 e. The lowest BCUT2D eigenvalue weighted by Gasteiger charge is -2.19. The molecule has 1 heterocycles. The Morgan fingerprint density at radius 1 is 0.889 bits per heavy atom. The molecule has 130 valence electrons. The summed E-state index contributed by atoms with van der Waals surface area (Å²) >= 11 is 0. The van der Waals surface area contributed by atoms with Crippen molar-refractivity contribution in [2.75, 3.05) is 12.4 Å². The SMILES string of the molecule is COC(=O)c1cc(C2=Nc3cccc4cccc(c34)N2)c2cccccc1-2. The van der Waals surface area contributed by atoms with E-state index in [1.54, 1.807) is 0 Å². The highest BCUT2D eigenvalue weighted by molar-refractivity contribution is 6.22. The molecule has 0 aromatic heterocycles. The second-order valence-electron chi connectivity index (χ2n) is 6.47. The van der Waals surface area contributed by atoms with Gasteiger partial charge in [-0.15, -0.1) is 0 Å². The Morgan fingerprint density at radius 2 is 1.67 bits per heavy atom. The molecular formula is C23H16N2O2. The summed E-state index contributed by atoms with van der Waals surface area (Å²) in [6, 6.07) is 23.9. The summed E-state index contributed by atoms with van der Waals surface area (Å²) < 4.78 is 4.98. The zero-order valence-electron chi connectivity index (χ0n) is 14.7. The molecule has 0 atom stereocenters. The highest BCUT2D eigenvalue weighted by Gasteiger charge is 2.25. The number of benzene rings is 2. The number of amidine groups is 1. The molecule has 27 heavy (non-hydrogen) atoms. The van der Waals surface area contributed by atoms with E-state index in [2.05, 4.69) is 17.4 Å². The molecule has 2 aromatic rings. The Hall–Kier alpha value is -3.66. The van der Waals surface area contributed by atoms with Gasteiger partial charge in [0.05, 0.1) is 18.4 Å². The van der Waals surface area contributed by atoms with Gasteiger partial charge in [-0.2, -0.15) is 0 Å². The lowest BCUT2D eigenvalue weighted by molar-refractivity contribution is 0.0602. The summed E-state index contributed by atoms with van der Waals surface area (Å²) in [6.45, 7) is 0. The van der Waals surface area contributed by atoms with Crippen molar-refractivity contribution >= 4 is 34.0 Å². The monoisotopic (exact) mass is 352 g/mol. The highest BCUT2D eigenvalue weighted by atomic mass is 16.5. The number of rotatable bonds is 2. The number of carbonyl (C=O) groups excluding carboxylic acids is 1. The molecular weight excluding hydrogens is 336 g/mol. The Morgan fingerprint density at radius 3 is 2.48 bits per heavy atom. The van der Waals surface area contributed by atoms with Crippen molar-refractivity contribution in [2.24, 2.45) is 4.99 Å². The first kappa shape index (κ1) is 15.6. The van der Waals surface area contributed by atoms with E-state index >= 15 is 0 Å². The van der Waals surface area contributed by atoms with Gasteiger partial charge >= 0.3 is 5.97 Å². The van der Waals surface area contributed by atoms with E-state index in [-0.39, 0.29) is 5.97 Å². The fourth-order valence-corrected chi connectivity index (χ4v) is 3.71. The number of nitrogens with zero attached hydrogens (tertiary/aromatic N) is 1. The summed E-state index contributed by atoms with van der Waals surface area (Å²) in [5, 5.41) is 5.71. The third-order valence-electron chi connectivity index (χ3n) is 4.94. The second kappa shape index (κ2) is 5.95. The Bertz CT molecular complexity index is 1200. The molecule has 1 N–H and O–H groups in total. The van der Waals surface area contributed by atoms with E-state index in [0.29, 0.717) is 5.56 Å². The van der Waals surface area contributed by atoms with Crippen LogP contribution in [-0.2, 0) is 4.74 Å². The van der Waals surface area contributed by atoms with E-state index in [1.807, 2.05) is 60.7 Å². The first-order valence-electron chi connectivity index (χ1n) is 8.74. The molecule has 2 aromatic carbocycles. The summed E-state index contributed by atoms with van der Waals surface area (Å²) in [5.74, 6) is 0.379. The van der Waals surface area contributed by atoms with Crippen LogP contribution in [0.1, 0.15) is 15.9 Å². The quantitative estimate of drug-likeness (QED) is 0.502. The number of aliphatic imine (C=N–C) groups is 1. The molecule has 0 saturated carbocycles. The van der Waals surface area contributed by atoms with Gasteiger partial charge in [-0.1, -0.05) is 54.6 Å². The molecule has 0 unspecified atom stereocenters. The van der Waals surface area contributed by atoms with Gasteiger partial charge in [0.25, 0.3) is 0 Å². The van der Waals surface area contributed by atoms with Gasteiger partial charge in [-0.25, -0.2) is 9.79 Å². The lowest BCUT2D eigenvalue weighted by Crippen LogP contribution is -2.16. The van der Waals surface area contributed by atoms with E-state index in [4.69, 9.17) is 9.73 Å². The van der Waals surface area contributed by atoms with Crippen molar-refractivity contribution in [1.29, 1.82) is 0 Å². The maximum atomic E-state index is 12.3. The largest absolute Gasteiger partial charge is 0.465 e. The molecule has 0 spiro atoms. The number of nitrogens with one attached hydrogen (secondary N) is 1. The van der Waals surface area contributed by atoms with E-state index in [9.17, 15) is 4.79 Å². The summed E-state index contributed by atoms with van der Waals surface area (Å²) in [5.41, 5.74) is 5.17. The Kier molecular flexibility index (Phi) is 3.44. The maximum absolute atomic E-state index is 12.3. The minimum atomic E-state index is -0.351. The summed E-state index contributed by atoms with van der Waals surface area (Å²) in [4.78, 5) is 17.2. The molecule has 0 saturated heterocycles. The zero-order valence-corrected chi connectivity index (χ0v) is 14.7. The fraction of sp³-hybridized carbons (Fsp3) is 0.0435. The minimum absolute atomic E-state index is 0.351. The molecule has 4 heteroatoms. The van der Waals surface area contributed by atoms with Crippen molar-refractivity contribution in [2.45, 2.75) is 0 Å². The molecule has 2 aliphatic carbocycles. The van der Waals surface area contributed by atoms with Crippen LogP contribution in [-0.4, -0.2) is 18.9 Å². The van der Waals surface area contributed by atoms with Gasteiger partial charge < -0.3 is 10.1 Å². The molecule has 4 nitrogen and oxygen atoms in total. The van der Waals surface area contributed by atoms with Crippen molar-refractivity contribution < 1.29 is 9.53 Å². The van der Waals surface area contributed by atoms with Crippen molar-refractivity contribution in [3.8, 4) is 11.1 Å². The van der Waals surface area contributed by atoms with Crippen LogP contribution in [0.5, 0.6) is 0 Å². The van der Waals surface area contributed by atoms with E-state index in [1.165, 1.54) is 7.11 Å². The van der Waals surface area contributed by atoms with Crippen LogP contribution >= 0.6 is 0 Å².